The predicted molar refractivity (Wildman–Crippen MR) is 65.2 cm³/mol. The summed E-state index contributed by atoms with van der Waals surface area (Å²) in [6, 6.07) is 0.141. The lowest BCUT2D eigenvalue weighted by Gasteiger charge is -2.16. The van der Waals surface area contributed by atoms with E-state index in [4.69, 9.17) is 11.6 Å². The van der Waals surface area contributed by atoms with Crippen molar-refractivity contribution in [1.29, 1.82) is 0 Å². The van der Waals surface area contributed by atoms with Crippen molar-refractivity contribution in [3.63, 3.8) is 0 Å². The zero-order chi connectivity index (χ0) is 11.8. The fourth-order valence-electron chi connectivity index (χ4n) is 1.61. The topological polar surface area (TPSA) is 46.9 Å². The van der Waals surface area contributed by atoms with E-state index in [0.29, 0.717) is 11.7 Å². The van der Waals surface area contributed by atoms with Crippen LogP contribution in [0, 0.1) is 0 Å². The van der Waals surface area contributed by atoms with Gasteiger partial charge in [0.2, 0.25) is 0 Å². The van der Waals surface area contributed by atoms with E-state index in [0.717, 1.165) is 12.8 Å². The van der Waals surface area contributed by atoms with Crippen LogP contribution in [0.5, 0.6) is 0 Å². The van der Waals surface area contributed by atoms with Crippen LogP contribution >= 0.6 is 11.6 Å². The maximum atomic E-state index is 12.0. The van der Waals surface area contributed by atoms with Crippen LogP contribution in [-0.2, 0) is 0 Å². The molecule has 4 nitrogen and oxygen atoms in total. The lowest BCUT2D eigenvalue weighted by Crippen LogP contribution is -2.32. The molecule has 0 amide bonds. The average Bonchev–Trinajstić information content (AvgIpc) is 3.01. The number of alkyl halides is 1. The van der Waals surface area contributed by atoms with E-state index >= 15 is 0 Å². The van der Waals surface area contributed by atoms with Crippen LogP contribution in [0.1, 0.15) is 32.7 Å². The Morgan fingerprint density at radius 3 is 2.81 bits per heavy atom. The third-order valence-corrected chi connectivity index (χ3v) is 3.43. The molecular weight excluding hydrogens is 226 g/mol. The second-order valence-corrected chi connectivity index (χ2v) is 4.89. The van der Waals surface area contributed by atoms with Crippen LogP contribution in [-0.4, -0.2) is 21.0 Å². The zero-order valence-corrected chi connectivity index (χ0v) is 10.3. The van der Waals surface area contributed by atoms with Gasteiger partial charge in [-0.25, -0.2) is 4.98 Å². The molecule has 0 aromatic carbocycles. The molecule has 0 radical (unpaired) electrons. The number of rotatable bonds is 4. The van der Waals surface area contributed by atoms with E-state index in [-0.39, 0.29) is 17.1 Å². The normalized spacial score (nSPS) is 17.5. The number of hydrogen-bond acceptors (Lipinski definition) is 3. The highest BCUT2D eigenvalue weighted by molar-refractivity contribution is 6.19. The Labute approximate surface area is 99.6 Å². The molecule has 0 bridgehead atoms. The number of halogens is 1. The van der Waals surface area contributed by atoms with E-state index in [1.54, 1.807) is 17.0 Å². The van der Waals surface area contributed by atoms with Gasteiger partial charge in [0.25, 0.3) is 5.56 Å². The van der Waals surface area contributed by atoms with Gasteiger partial charge in [0.1, 0.15) is 0 Å². The molecule has 0 aliphatic heterocycles. The van der Waals surface area contributed by atoms with Gasteiger partial charge in [0, 0.05) is 24.3 Å². The Bertz CT molecular complexity index is 437. The molecular formula is C11H16ClN3O. The molecule has 1 aromatic rings. The van der Waals surface area contributed by atoms with E-state index in [2.05, 4.69) is 10.3 Å². The SMILES string of the molecule is CC(C)n1ccnc(NC2(CCl)CC2)c1=O. The van der Waals surface area contributed by atoms with Gasteiger partial charge in [-0.3, -0.25) is 4.79 Å². The molecule has 1 fully saturated rings. The smallest absolute Gasteiger partial charge is 0.293 e. The van der Waals surface area contributed by atoms with Crippen LogP contribution in [0.25, 0.3) is 0 Å². The Morgan fingerprint density at radius 2 is 2.31 bits per heavy atom. The summed E-state index contributed by atoms with van der Waals surface area (Å²) in [5, 5.41) is 3.17. The van der Waals surface area contributed by atoms with Gasteiger partial charge < -0.3 is 9.88 Å². The molecule has 1 N–H and O–H groups in total. The largest absolute Gasteiger partial charge is 0.359 e. The molecule has 2 rings (SSSR count). The van der Waals surface area contributed by atoms with Crippen molar-refractivity contribution in [3.8, 4) is 0 Å². The summed E-state index contributed by atoms with van der Waals surface area (Å²) in [4.78, 5) is 16.1. The first-order valence-electron chi connectivity index (χ1n) is 5.49. The number of nitrogens with zero attached hydrogens (tertiary/aromatic N) is 2. The monoisotopic (exact) mass is 241 g/mol. The molecule has 1 aliphatic rings. The maximum absolute atomic E-state index is 12.0. The minimum absolute atomic E-state index is 0.0751. The summed E-state index contributed by atoms with van der Waals surface area (Å²) in [6.07, 6.45) is 5.37. The first-order valence-corrected chi connectivity index (χ1v) is 6.03. The fourth-order valence-corrected chi connectivity index (χ4v) is 1.95. The third kappa shape index (κ3) is 2.07. The molecule has 16 heavy (non-hydrogen) atoms. The van der Waals surface area contributed by atoms with Crippen molar-refractivity contribution in [2.45, 2.75) is 38.3 Å². The van der Waals surface area contributed by atoms with Crippen molar-refractivity contribution in [2.75, 3.05) is 11.2 Å². The fraction of sp³-hybridized carbons (Fsp3) is 0.636. The lowest BCUT2D eigenvalue weighted by molar-refractivity contribution is 0.574. The molecule has 0 atom stereocenters. The molecule has 1 aliphatic carbocycles. The second-order valence-electron chi connectivity index (χ2n) is 4.62. The van der Waals surface area contributed by atoms with Gasteiger partial charge in [-0.05, 0) is 26.7 Å². The van der Waals surface area contributed by atoms with Gasteiger partial charge in [-0.2, -0.15) is 0 Å². The van der Waals surface area contributed by atoms with Gasteiger partial charge in [0.05, 0.1) is 5.54 Å². The van der Waals surface area contributed by atoms with Gasteiger partial charge in [-0.15, -0.1) is 11.6 Å². The van der Waals surface area contributed by atoms with Crippen LogP contribution in [0.3, 0.4) is 0 Å². The lowest BCUT2D eigenvalue weighted by atomic mass is 10.3. The molecule has 1 saturated carbocycles. The second kappa shape index (κ2) is 4.09. The molecule has 1 aromatic heterocycles. The van der Waals surface area contributed by atoms with Crippen LogP contribution in [0.2, 0.25) is 0 Å². The third-order valence-electron chi connectivity index (χ3n) is 2.92. The summed E-state index contributed by atoms with van der Waals surface area (Å²) in [7, 11) is 0. The van der Waals surface area contributed by atoms with Crippen molar-refractivity contribution in [3.05, 3.63) is 22.7 Å². The molecule has 0 spiro atoms. The first kappa shape index (κ1) is 11.5. The van der Waals surface area contributed by atoms with Crippen LogP contribution < -0.4 is 10.9 Å². The van der Waals surface area contributed by atoms with Crippen molar-refractivity contribution in [1.82, 2.24) is 9.55 Å². The van der Waals surface area contributed by atoms with E-state index in [1.807, 2.05) is 13.8 Å². The number of anilines is 1. The van der Waals surface area contributed by atoms with E-state index < -0.39 is 0 Å². The van der Waals surface area contributed by atoms with E-state index in [1.165, 1.54) is 0 Å². The summed E-state index contributed by atoms with van der Waals surface area (Å²) >= 11 is 5.86. The Kier molecular flexibility index (Phi) is 2.93. The Balaban J connectivity index is 2.28. The highest BCUT2D eigenvalue weighted by atomic mass is 35.5. The molecule has 1 heterocycles. The Morgan fingerprint density at radius 1 is 1.62 bits per heavy atom. The van der Waals surface area contributed by atoms with Crippen LogP contribution in [0.15, 0.2) is 17.2 Å². The number of hydrogen-bond donors (Lipinski definition) is 1. The van der Waals surface area contributed by atoms with Gasteiger partial charge in [-0.1, -0.05) is 0 Å². The van der Waals surface area contributed by atoms with E-state index in [9.17, 15) is 4.79 Å². The summed E-state index contributed by atoms with van der Waals surface area (Å²) in [5.41, 5.74) is -0.168. The summed E-state index contributed by atoms with van der Waals surface area (Å²) in [5.74, 6) is 0.930. The molecule has 88 valence electrons. The molecule has 5 heteroatoms. The predicted octanol–water partition coefficient (Wildman–Crippen LogP) is 2.01. The Hall–Kier alpha value is -1.03. The average molecular weight is 242 g/mol. The highest BCUT2D eigenvalue weighted by Crippen LogP contribution is 2.38. The molecule has 0 unspecified atom stereocenters. The van der Waals surface area contributed by atoms with Crippen LogP contribution in [0.4, 0.5) is 5.82 Å². The van der Waals surface area contributed by atoms with Crippen molar-refractivity contribution < 1.29 is 0 Å². The van der Waals surface area contributed by atoms with Gasteiger partial charge >= 0.3 is 0 Å². The van der Waals surface area contributed by atoms with Crippen molar-refractivity contribution >= 4 is 17.4 Å². The summed E-state index contributed by atoms with van der Waals surface area (Å²) in [6.45, 7) is 3.94. The summed E-state index contributed by atoms with van der Waals surface area (Å²) < 4.78 is 1.67. The minimum Gasteiger partial charge on any atom is -0.359 e. The number of aromatic nitrogens is 2. The maximum Gasteiger partial charge on any atom is 0.293 e. The van der Waals surface area contributed by atoms with Crippen molar-refractivity contribution in [2.24, 2.45) is 0 Å². The zero-order valence-electron chi connectivity index (χ0n) is 9.53. The highest BCUT2D eigenvalue weighted by Gasteiger charge is 2.42. The standard InChI is InChI=1S/C11H16ClN3O/c1-8(2)15-6-5-13-9(10(15)16)14-11(7-12)3-4-11/h5-6,8H,3-4,7H2,1-2H3,(H,13,14). The van der Waals surface area contributed by atoms with Gasteiger partial charge in [0.15, 0.2) is 5.82 Å². The first-order chi connectivity index (χ1) is 7.58. The molecule has 0 saturated heterocycles. The quantitative estimate of drug-likeness (QED) is 0.821. The number of nitrogens with one attached hydrogen (secondary N) is 1. The minimum atomic E-state index is -0.0934.